The summed E-state index contributed by atoms with van der Waals surface area (Å²) >= 11 is 0. The van der Waals surface area contributed by atoms with E-state index in [0.717, 1.165) is 5.56 Å². The molecule has 1 amide bonds. The number of aromatic nitrogens is 2. The Labute approximate surface area is 178 Å². The summed E-state index contributed by atoms with van der Waals surface area (Å²) in [5.74, 6) is 0.724. The van der Waals surface area contributed by atoms with Gasteiger partial charge >= 0.3 is 0 Å². The number of nitrogens with zero attached hydrogens (tertiary/aromatic N) is 2. The fourth-order valence-corrected chi connectivity index (χ4v) is 3.13. The van der Waals surface area contributed by atoms with Gasteiger partial charge in [-0.15, -0.1) is 0 Å². The number of carbonyl (C=O) groups excluding carboxylic acids is 1. The minimum atomic E-state index is -0.291. The first kappa shape index (κ1) is 20.4. The zero-order valence-electron chi connectivity index (χ0n) is 16.9. The van der Waals surface area contributed by atoms with E-state index in [1.165, 1.54) is 6.20 Å². The summed E-state index contributed by atoms with van der Waals surface area (Å²) in [6, 6.07) is 18.5. The van der Waals surface area contributed by atoms with E-state index < -0.39 is 0 Å². The molecule has 0 bridgehead atoms. The number of amides is 1. The molecule has 0 aliphatic rings. The van der Waals surface area contributed by atoms with Crippen molar-refractivity contribution in [3.05, 3.63) is 78.1 Å². The summed E-state index contributed by atoms with van der Waals surface area (Å²) in [5.41, 5.74) is 2.57. The lowest BCUT2D eigenvalue weighted by molar-refractivity contribution is 0.0958. The number of hydrogen-bond donors (Lipinski definition) is 3. The molecule has 2 aromatic carbocycles. The van der Waals surface area contributed by atoms with Gasteiger partial charge in [0.25, 0.3) is 11.9 Å². The molecule has 2 heterocycles. The molecule has 31 heavy (non-hydrogen) atoms. The van der Waals surface area contributed by atoms with Crippen molar-refractivity contribution in [2.45, 2.75) is 12.5 Å². The quantitative estimate of drug-likeness (QED) is 0.402. The molecular weight excluding hydrogens is 396 g/mol. The maximum atomic E-state index is 11.7. The van der Waals surface area contributed by atoms with Gasteiger partial charge in [0.15, 0.2) is 5.58 Å². The molecule has 1 atom stereocenters. The Bertz CT molecular complexity index is 1180. The monoisotopic (exact) mass is 418 g/mol. The van der Waals surface area contributed by atoms with Crippen LogP contribution < -0.4 is 15.4 Å². The topological polar surface area (TPSA) is 110 Å². The second kappa shape index (κ2) is 9.27. The Balaban J connectivity index is 1.48. The molecule has 0 aliphatic heterocycles. The lowest BCUT2D eigenvalue weighted by atomic mass is 10.1. The van der Waals surface area contributed by atoms with Gasteiger partial charge in [0.2, 0.25) is 0 Å². The molecule has 0 aliphatic carbocycles. The summed E-state index contributed by atoms with van der Waals surface area (Å²) in [6.45, 7) is -0.0578. The predicted molar refractivity (Wildman–Crippen MR) is 116 cm³/mol. The van der Waals surface area contributed by atoms with Crippen LogP contribution in [0.2, 0.25) is 0 Å². The van der Waals surface area contributed by atoms with Crippen molar-refractivity contribution in [1.82, 2.24) is 15.3 Å². The largest absolute Gasteiger partial charge is 0.457 e. The molecule has 158 valence electrons. The number of nitrogens with one attached hydrogen (secondary N) is 2. The van der Waals surface area contributed by atoms with Gasteiger partial charge in [-0.2, -0.15) is 4.98 Å². The van der Waals surface area contributed by atoms with Crippen LogP contribution in [0.25, 0.3) is 11.1 Å². The van der Waals surface area contributed by atoms with Crippen LogP contribution in [-0.2, 0) is 6.42 Å². The van der Waals surface area contributed by atoms with E-state index in [2.05, 4.69) is 20.6 Å². The number of carbonyl (C=O) groups is 1. The van der Waals surface area contributed by atoms with Gasteiger partial charge in [0.1, 0.15) is 22.7 Å². The number of oxazole rings is 1. The number of hydrogen-bond acceptors (Lipinski definition) is 7. The summed E-state index contributed by atoms with van der Waals surface area (Å²) < 4.78 is 11.7. The Morgan fingerprint density at radius 1 is 1.13 bits per heavy atom. The fourth-order valence-electron chi connectivity index (χ4n) is 3.13. The Morgan fingerprint density at radius 3 is 2.71 bits per heavy atom. The van der Waals surface area contributed by atoms with Crippen molar-refractivity contribution in [3.8, 4) is 11.5 Å². The van der Waals surface area contributed by atoms with E-state index in [1.54, 1.807) is 37.4 Å². The van der Waals surface area contributed by atoms with Gasteiger partial charge in [0, 0.05) is 25.4 Å². The number of pyridine rings is 1. The molecule has 3 N–H and O–H groups in total. The lowest BCUT2D eigenvalue weighted by Crippen LogP contribution is -2.26. The number of benzene rings is 2. The molecule has 8 heteroatoms. The predicted octanol–water partition coefficient (Wildman–Crippen LogP) is 3.39. The van der Waals surface area contributed by atoms with E-state index in [9.17, 15) is 9.90 Å². The first-order valence-electron chi connectivity index (χ1n) is 9.82. The third-order valence-electron chi connectivity index (χ3n) is 4.66. The smallest absolute Gasteiger partial charge is 0.295 e. The normalized spacial score (nSPS) is 11.8. The molecule has 0 saturated carbocycles. The van der Waals surface area contributed by atoms with Crippen molar-refractivity contribution < 1.29 is 19.1 Å². The molecule has 4 aromatic rings. The first-order valence-corrected chi connectivity index (χ1v) is 9.82. The second-order valence-electron chi connectivity index (χ2n) is 6.92. The average molecular weight is 418 g/mol. The molecule has 2 aromatic heterocycles. The molecule has 0 fully saturated rings. The van der Waals surface area contributed by atoms with Crippen LogP contribution in [0.3, 0.4) is 0 Å². The second-order valence-corrected chi connectivity index (χ2v) is 6.92. The van der Waals surface area contributed by atoms with Gasteiger partial charge in [-0.25, -0.2) is 0 Å². The van der Waals surface area contributed by atoms with Gasteiger partial charge in [0.05, 0.1) is 12.6 Å². The summed E-state index contributed by atoms with van der Waals surface area (Å²) in [6.07, 6.45) is 2.15. The van der Waals surface area contributed by atoms with Crippen molar-refractivity contribution in [2.24, 2.45) is 0 Å². The van der Waals surface area contributed by atoms with Gasteiger partial charge < -0.3 is 24.9 Å². The van der Waals surface area contributed by atoms with Crippen LogP contribution in [0.4, 0.5) is 6.01 Å². The van der Waals surface area contributed by atoms with E-state index >= 15 is 0 Å². The van der Waals surface area contributed by atoms with E-state index in [-0.39, 0.29) is 24.2 Å². The number of fused-ring (bicyclic) bond motifs is 1. The van der Waals surface area contributed by atoms with Crippen LogP contribution in [-0.4, -0.2) is 40.7 Å². The van der Waals surface area contributed by atoms with Crippen LogP contribution in [0.15, 0.2) is 71.3 Å². The van der Waals surface area contributed by atoms with Crippen LogP contribution >= 0.6 is 0 Å². The van der Waals surface area contributed by atoms with Crippen LogP contribution in [0.5, 0.6) is 11.5 Å². The van der Waals surface area contributed by atoms with Gasteiger partial charge in [-0.1, -0.05) is 30.3 Å². The average Bonchev–Trinajstić information content (AvgIpc) is 3.20. The van der Waals surface area contributed by atoms with Crippen molar-refractivity contribution in [1.29, 1.82) is 0 Å². The number of rotatable bonds is 8. The zero-order valence-corrected chi connectivity index (χ0v) is 16.9. The summed E-state index contributed by atoms with van der Waals surface area (Å²) in [4.78, 5) is 20.2. The highest BCUT2D eigenvalue weighted by molar-refractivity contribution is 5.92. The van der Waals surface area contributed by atoms with E-state index in [1.807, 2.05) is 30.3 Å². The molecular formula is C23H22N4O4. The molecule has 8 nitrogen and oxygen atoms in total. The van der Waals surface area contributed by atoms with Crippen LogP contribution in [0.1, 0.15) is 16.1 Å². The maximum absolute atomic E-state index is 11.7. The fraction of sp³-hybridized carbons (Fsp3) is 0.174. The molecule has 0 saturated heterocycles. The van der Waals surface area contributed by atoms with Crippen LogP contribution in [0, 0.1) is 0 Å². The highest BCUT2D eigenvalue weighted by Gasteiger charge is 2.14. The lowest BCUT2D eigenvalue weighted by Gasteiger charge is -2.14. The van der Waals surface area contributed by atoms with E-state index in [0.29, 0.717) is 35.0 Å². The van der Waals surface area contributed by atoms with Gasteiger partial charge in [-0.3, -0.25) is 9.78 Å². The number of ether oxygens (including phenoxy) is 1. The summed E-state index contributed by atoms with van der Waals surface area (Å²) in [7, 11) is 1.54. The van der Waals surface area contributed by atoms with Gasteiger partial charge in [-0.05, 0) is 30.2 Å². The highest BCUT2D eigenvalue weighted by atomic mass is 16.5. The number of anilines is 1. The molecule has 0 unspecified atom stereocenters. The Hall–Kier alpha value is -3.91. The minimum Gasteiger partial charge on any atom is -0.457 e. The number of aliphatic hydroxyl groups is 1. The van der Waals surface area contributed by atoms with Crippen molar-refractivity contribution in [2.75, 3.05) is 19.0 Å². The third kappa shape index (κ3) is 4.99. The number of aliphatic hydroxyl groups excluding tert-OH is 1. The Morgan fingerprint density at radius 2 is 1.94 bits per heavy atom. The van der Waals surface area contributed by atoms with Crippen molar-refractivity contribution in [3.63, 3.8) is 0 Å². The molecule has 4 rings (SSSR count). The minimum absolute atomic E-state index is 0.0578. The first-order chi connectivity index (χ1) is 15.1. The standard InChI is InChI=1S/C23H22N4O4/c1-24-22(29)20-12-18(9-10-25-20)30-17-7-8-19-21(13-17)31-23(27-19)26-16(14-28)11-15-5-3-2-4-6-15/h2-10,12-13,16,28H,11,14H2,1H3,(H,24,29)(H,26,27)/t16-/m0/s1. The van der Waals surface area contributed by atoms with Crippen molar-refractivity contribution >= 4 is 23.0 Å². The van der Waals surface area contributed by atoms with E-state index in [4.69, 9.17) is 9.15 Å². The Kier molecular flexibility index (Phi) is 6.09. The molecule has 0 spiro atoms. The highest BCUT2D eigenvalue weighted by Crippen LogP contribution is 2.28. The third-order valence-corrected chi connectivity index (χ3v) is 4.66. The molecule has 0 radical (unpaired) electrons. The SMILES string of the molecule is CNC(=O)c1cc(Oc2ccc3nc(N[C@H](CO)Cc4ccccc4)oc3c2)ccn1. The maximum Gasteiger partial charge on any atom is 0.295 e. The summed E-state index contributed by atoms with van der Waals surface area (Å²) in [5, 5.41) is 15.4. The zero-order chi connectivity index (χ0) is 21.6.